The summed E-state index contributed by atoms with van der Waals surface area (Å²) in [5, 5.41) is 9.33. The highest BCUT2D eigenvalue weighted by Gasteiger charge is 2.09. The number of carbonyl (C=O) groups is 2. The van der Waals surface area contributed by atoms with Crippen molar-refractivity contribution in [2.75, 3.05) is 7.11 Å². The maximum atomic E-state index is 11.9. The van der Waals surface area contributed by atoms with Crippen LogP contribution < -0.4 is 15.6 Å². The van der Waals surface area contributed by atoms with Gasteiger partial charge in [-0.15, -0.1) is 0 Å². The van der Waals surface area contributed by atoms with E-state index in [0.717, 1.165) is 0 Å². The number of phenols is 1. The number of rotatable bonds is 4. The van der Waals surface area contributed by atoms with Gasteiger partial charge in [-0.1, -0.05) is 18.2 Å². The summed E-state index contributed by atoms with van der Waals surface area (Å²) < 4.78 is 5.03. The number of aromatic hydroxyl groups is 1. The fraction of sp³-hybridized carbons (Fsp3) is 0.125. The Kier molecular flexibility index (Phi) is 4.98. The molecule has 3 N–H and O–H groups in total. The molecule has 0 saturated heterocycles. The van der Waals surface area contributed by atoms with Crippen molar-refractivity contribution in [1.29, 1.82) is 0 Å². The molecule has 0 bridgehead atoms. The van der Waals surface area contributed by atoms with Crippen LogP contribution in [-0.4, -0.2) is 24.0 Å². The molecule has 2 aromatic carbocycles. The van der Waals surface area contributed by atoms with E-state index < -0.39 is 5.91 Å². The Morgan fingerprint density at radius 1 is 1.09 bits per heavy atom. The molecule has 0 saturated carbocycles. The molecule has 114 valence electrons. The smallest absolute Gasteiger partial charge is 0.269 e. The van der Waals surface area contributed by atoms with E-state index in [0.29, 0.717) is 16.9 Å². The lowest BCUT2D eigenvalue weighted by atomic mass is 10.1. The molecule has 0 aromatic heterocycles. The monoisotopic (exact) mass is 300 g/mol. The highest BCUT2D eigenvalue weighted by atomic mass is 16.5. The van der Waals surface area contributed by atoms with E-state index >= 15 is 0 Å². The van der Waals surface area contributed by atoms with Gasteiger partial charge in [-0.3, -0.25) is 20.4 Å². The molecule has 0 aliphatic carbocycles. The Labute approximate surface area is 127 Å². The zero-order valence-electron chi connectivity index (χ0n) is 12.0. The molecule has 6 nitrogen and oxygen atoms in total. The topological polar surface area (TPSA) is 87.7 Å². The zero-order chi connectivity index (χ0) is 15.9. The van der Waals surface area contributed by atoms with Crippen molar-refractivity contribution in [1.82, 2.24) is 10.9 Å². The van der Waals surface area contributed by atoms with E-state index in [1.807, 2.05) is 0 Å². The minimum absolute atomic E-state index is 0.0484. The molecule has 6 heteroatoms. The van der Waals surface area contributed by atoms with Crippen molar-refractivity contribution >= 4 is 11.8 Å². The fourth-order valence-electron chi connectivity index (χ4n) is 1.86. The predicted molar refractivity (Wildman–Crippen MR) is 80.4 cm³/mol. The van der Waals surface area contributed by atoms with Gasteiger partial charge >= 0.3 is 0 Å². The van der Waals surface area contributed by atoms with Crippen LogP contribution in [0.5, 0.6) is 11.5 Å². The normalized spacial score (nSPS) is 9.86. The third kappa shape index (κ3) is 4.24. The number of carbonyl (C=O) groups excluding carboxylic acids is 2. The summed E-state index contributed by atoms with van der Waals surface area (Å²) in [6, 6.07) is 12.9. The van der Waals surface area contributed by atoms with Crippen molar-refractivity contribution < 1.29 is 19.4 Å². The van der Waals surface area contributed by atoms with Crippen molar-refractivity contribution in [3.8, 4) is 11.5 Å². The molecule has 0 spiro atoms. The maximum absolute atomic E-state index is 11.9. The molecule has 0 radical (unpaired) electrons. The van der Waals surface area contributed by atoms with Crippen molar-refractivity contribution in [3.05, 3.63) is 59.7 Å². The largest absolute Gasteiger partial charge is 0.508 e. The van der Waals surface area contributed by atoms with Gasteiger partial charge in [-0.25, -0.2) is 0 Å². The highest BCUT2D eigenvalue weighted by Crippen LogP contribution is 2.12. The number of hydrazine groups is 1. The Hall–Kier alpha value is -3.02. The first-order chi connectivity index (χ1) is 10.6. The van der Waals surface area contributed by atoms with Gasteiger partial charge < -0.3 is 9.84 Å². The van der Waals surface area contributed by atoms with Crippen LogP contribution in [0, 0.1) is 0 Å². The number of hydrogen-bond donors (Lipinski definition) is 3. The van der Waals surface area contributed by atoms with E-state index in [-0.39, 0.29) is 18.1 Å². The quantitative estimate of drug-likeness (QED) is 0.745. The van der Waals surface area contributed by atoms with Gasteiger partial charge in [0, 0.05) is 5.56 Å². The summed E-state index contributed by atoms with van der Waals surface area (Å²) in [4.78, 5) is 23.7. The fourth-order valence-corrected chi connectivity index (χ4v) is 1.86. The average Bonchev–Trinajstić information content (AvgIpc) is 2.52. The number of benzene rings is 2. The molecule has 0 unspecified atom stereocenters. The first kappa shape index (κ1) is 15.4. The number of methoxy groups -OCH3 is 1. The third-order valence-corrected chi connectivity index (χ3v) is 2.92. The number of amides is 2. The summed E-state index contributed by atoms with van der Waals surface area (Å²) in [5.41, 5.74) is 5.67. The van der Waals surface area contributed by atoms with E-state index in [2.05, 4.69) is 10.9 Å². The molecule has 22 heavy (non-hydrogen) atoms. The minimum atomic E-state index is -0.442. The second-order valence-corrected chi connectivity index (χ2v) is 4.58. The minimum Gasteiger partial charge on any atom is -0.508 e. The third-order valence-electron chi connectivity index (χ3n) is 2.92. The molecule has 2 rings (SSSR count). The second kappa shape index (κ2) is 7.12. The van der Waals surface area contributed by atoms with Crippen LogP contribution in [0.25, 0.3) is 0 Å². The maximum Gasteiger partial charge on any atom is 0.269 e. The lowest BCUT2D eigenvalue weighted by Gasteiger charge is -2.08. The summed E-state index contributed by atoms with van der Waals surface area (Å²) in [6.07, 6.45) is 0.0484. The van der Waals surface area contributed by atoms with Gasteiger partial charge in [-0.05, 0) is 35.9 Å². The predicted octanol–water partition coefficient (Wildman–Crippen LogP) is 1.40. The molecule has 2 aromatic rings. The Morgan fingerprint density at radius 3 is 2.59 bits per heavy atom. The number of phenolic OH excluding ortho intramolecular Hbond substituents is 1. The second-order valence-electron chi connectivity index (χ2n) is 4.58. The molecule has 0 atom stereocenters. The van der Waals surface area contributed by atoms with Crippen LogP contribution >= 0.6 is 0 Å². The van der Waals surface area contributed by atoms with Crippen molar-refractivity contribution in [3.63, 3.8) is 0 Å². The molecule has 0 aliphatic heterocycles. The Morgan fingerprint density at radius 2 is 1.86 bits per heavy atom. The standard InChI is InChI=1S/C16H16N2O4/c1-22-14-7-3-5-12(10-14)16(21)18-17-15(20)9-11-4-2-6-13(19)8-11/h2-8,10,19H,9H2,1H3,(H,17,20)(H,18,21). The van der Waals surface area contributed by atoms with Crippen LogP contribution in [0.3, 0.4) is 0 Å². The van der Waals surface area contributed by atoms with Crippen LogP contribution in [0.1, 0.15) is 15.9 Å². The van der Waals surface area contributed by atoms with Gasteiger partial charge in [0.05, 0.1) is 13.5 Å². The number of nitrogens with one attached hydrogen (secondary N) is 2. The SMILES string of the molecule is COc1cccc(C(=O)NNC(=O)Cc2cccc(O)c2)c1. The Bertz CT molecular complexity index is 685. The number of hydrogen-bond acceptors (Lipinski definition) is 4. The molecule has 0 fully saturated rings. The lowest BCUT2D eigenvalue weighted by molar-refractivity contribution is -0.121. The molecule has 2 amide bonds. The highest BCUT2D eigenvalue weighted by molar-refractivity contribution is 5.95. The van der Waals surface area contributed by atoms with Gasteiger partial charge in [-0.2, -0.15) is 0 Å². The molecule has 0 heterocycles. The van der Waals surface area contributed by atoms with Crippen LogP contribution in [0.2, 0.25) is 0 Å². The van der Waals surface area contributed by atoms with Gasteiger partial charge in [0.15, 0.2) is 0 Å². The van der Waals surface area contributed by atoms with E-state index in [9.17, 15) is 14.7 Å². The summed E-state index contributed by atoms with van der Waals surface area (Å²) >= 11 is 0. The number of ether oxygens (including phenoxy) is 1. The van der Waals surface area contributed by atoms with Crippen molar-refractivity contribution in [2.24, 2.45) is 0 Å². The summed E-state index contributed by atoms with van der Waals surface area (Å²) in [5.74, 6) is -0.186. The average molecular weight is 300 g/mol. The first-order valence-electron chi connectivity index (χ1n) is 6.59. The van der Waals surface area contributed by atoms with Crippen LogP contribution in [-0.2, 0) is 11.2 Å². The van der Waals surface area contributed by atoms with Crippen molar-refractivity contribution in [2.45, 2.75) is 6.42 Å². The summed E-state index contributed by atoms with van der Waals surface area (Å²) in [6.45, 7) is 0. The molecule has 0 aliphatic rings. The molecular formula is C16H16N2O4. The van der Waals surface area contributed by atoms with Gasteiger partial charge in [0.2, 0.25) is 5.91 Å². The van der Waals surface area contributed by atoms with Crippen LogP contribution in [0.4, 0.5) is 0 Å². The summed E-state index contributed by atoms with van der Waals surface area (Å²) in [7, 11) is 1.51. The first-order valence-corrected chi connectivity index (χ1v) is 6.59. The Balaban J connectivity index is 1.89. The molecular weight excluding hydrogens is 284 g/mol. The lowest BCUT2D eigenvalue weighted by Crippen LogP contribution is -2.42. The van der Waals surface area contributed by atoms with E-state index in [1.54, 1.807) is 36.4 Å². The zero-order valence-corrected chi connectivity index (χ0v) is 12.0. The van der Waals surface area contributed by atoms with E-state index in [1.165, 1.54) is 19.2 Å². The van der Waals surface area contributed by atoms with Crippen LogP contribution in [0.15, 0.2) is 48.5 Å². The van der Waals surface area contributed by atoms with Gasteiger partial charge in [0.25, 0.3) is 5.91 Å². The van der Waals surface area contributed by atoms with Gasteiger partial charge in [0.1, 0.15) is 11.5 Å². The van der Waals surface area contributed by atoms with E-state index in [4.69, 9.17) is 4.74 Å².